The molecule has 16 heavy (non-hydrogen) atoms. The van der Waals surface area contributed by atoms with Gasteiger partial charge in [0.15, 0.2) is 0 Å². The Kier molecular flexibility index (Phi) is 5.98. The molecular weight excluding hydrogens is 224 g/mol. The lowest BCUT2D eigenvalue weighted by molar-refractivity contribution is 0.0891. The van der Waals surface area contributed by atoms with Gasteiger partial charge < -0.3 is 14.5 Å². The predicted molar refractivity (Wildman–Crippen MR) is 68.0 cm³/mol. The fraction of sp³-hybridized carbons (Fsp3) is 0.909. The van der Waals surface area contributed by atoms with Crippen LogP contribution in [0.1, 0.15) is 13.3 Å². The van der Waals surface area contributed by atoms with Gasteiger partial charge in [-0.15, -0.1) is 0 Å². The number of carbonyl (C=O) groups excluding carboxylic acids is 1. The molecule has 0 saturated carbocycles. The van der Waals surface area contributed by atoms with Crippen LogP contribution in [0.25, 0.3) is 0 Å². The van der Waals surface area contributed by atoms with Gasteiger partial charge in [0.25, 0.3) is 0 Å². The fourth-order valence-electron chi connectivity index (χ4n) is 1.85. The Bertz CT molecular complexity index is 224. The molecular formula is C11H22N2O2S. The van der Waals surface area contributed by atoms with Gasteiger partial charge in [0.05, 0.1) is 12.6 Å². The lowest BCUT2D eigenvalue weighted by Gasteiger charge is -2.30. The van der Waals surface area contributed by atoms with E-state index in [-0.39, 0.29) is 12.1 Å². The summed E-state index contributed by atoms with van der Waals surface area (Å²) >= 11 is 1.93. The van der Waals surface area contributed by atoms with Gasteiger partial charge in [-0.3, -0.25) is 0 Å². The SMILES string of the molecule is CCOC(=O)N1CCCSCC1CN(C)C. The molecule has 1 rings (SSSR count). The minimum absolute atomic E-state index is 0.156. The molecule has 0 N–H and O–H groups in total. The molecule has 1 unspecified atom stereocenters. The molecule has 0 aromatic rings. The summed E-state index contributed by atoms with van der Waals surface area (Å²) in [6.45, 7) is 4.04. The Balaban J connectivity index is 2.61. The lowest BCUT2D eigenvalue weighted by atomic mass is 10.2. The molecule has 1 fully saturated rings. The second kappa shape index (κ2) is 7.01. The number of hydrogen-bond acceptors (Lipinski definition) is 4. The van der Waals surface area contributed by atoms with Crippen LogP contribution >= 0.6 is 11.8 Å². The summed E-state index contributed by atoms with van der Waals surface area (Å²) in [6.07, 6.45) is 0.907. The first-order valence-electron chi connectivity index (χ1n) is 5.81. The van der Waals surface area contributed by atoms with E-state index in [1.807, 2.05) is 37.7 Å². The minimum atomic E-state index is -0.156. The van der Waals surface area contributed by atoms with E-state index < -0.39 is 0 Å². The highest BCUT2D eigenvalue weighted by Gasteiger charge is 2.26. The van der Waals surface area contributed by atoms with Crippen LogP contribution < -0.4 is 0 Å². The van der Waals surface area contributed by atoms with Crippen molar-refractivity contribution >= 4 is 17.9 Å². The van der Waals surface area contributed by atoms with Gasteiger partial charge in [0.2, 0.25) is 0 Å². The fourth-order valence-corrected chi connectivity index (χ4v) is 2.91. The Morgan fingerprint density at radius 1 is 1.56 bits per heavy atom. The largest absolute Gasteiger partial charge is 0.450 e. The van der Waals surface area contributed by atoms with Gasteiger partial charge in [0, 0.05) is 18.8 Å². The molecule has 0 aromatic carbocycles. The van der Waals surface area contributed by atoms with Crippen molar-refractivity contribution in [3.8, 4) is 0 Å². The van der Waals surface area contributed by atoms with E-state index in [9.17, 15) is 4.79 Å². The normalized spacial score (nSPS) is 22.0. The van der Waals surface area contributed by atoms with Crippen molar-refractivity contribution in [2.75, 3.05) is 45.3 Å². The summed E-state index contributed by atoms with van der Waals surface area (Å²) in [5.41, 5.74) is 0. The highest BCUT2D eigenvalue weighted by Crippen LogP contribution is 2.17. The van der Waals surface area contributed by atoms with E-state index in [0.29, 0.717) is 6.61 Å². The molecule has 1 saturated heterocycles. The predicted octanol–water partition coefficient (Wildman–Crippen LogP) is 1.51. The zero-order chi connectivity index (χ0) is 12.0. The van der Waals surface area contributed by atoms with Crippen LogP contribution in [0.5, 0.6) is 0 Å². The molecule has 1 atom stereocenters. The zero-order valence-corrected chi connectivity index (χ0v) is 11.3. The number of hydrogen-bond donors (Lipinski definition) is 0. The third-order valence-corrected chi connectivity index (χ3v) is 3.71. The van der Waals surface area contributed by atoms with E-state index >= 15 is 0 Å². The maximum Gasteiger partial charge on any atom is 0.410 e. The Labute approximate surface area is 102 Å². The zero-order valence-electron chi connectivity index (χ0n) is 10.4. The number of ether oxygens (including phenoxy) is 1. The minimum Gasteiger partial charge on any atom is -0.450 e. The number of amides is 1. The van der Waals surface area contributed by atoms with Crippen molar-refractivity contribution in [3.05, 3.63) is 0 Å². The van der Waals surface area contributed by atoms with E-state index in [1.54, 1.807) is 0 Å². The number of likely N-dealkylation sites (N-methyl/N-ethyl adjacent to an activating group) is 1. The first-order chi connectivity index (χ1) is 7.65. The molecule has 0 aliphatic carbocycles. The first kappa shape index (κ1) is 13.6. The van der Waals surface area contributed by atoms with Crippen molar-refractivity contribution < 1.29 is 9.53 Å². The number of nitrogens with zero attached hydrogens (tertiary/aromatic N) is 2. The number of rotatable bonds is 3. The van der Waals surface area contributed by atoms with Gasteiger partial charge in [-0.05, 0) is 33.2 Å². The van der Waals surface area contributed by atoms with Gasteiger partial charge in [-0.2, -0.15) is 11.8 Å². The van der Waals surface area contributed by atoms with E-state index in [0.717, 1.165) is 31.0 Å². The van der Waals surface area contributed by atoms with E-state index in [2.05, 4.69) is 4.90 Å². The summed E-state index contributed by atoms with van der Waals surface area (Å²) in [5.74, 6) is 2.15. The highest BCUT2D eigenvalue weighted by atomic mass is 32.2. The van der Waals surface area contributed by atoms with Gasteiger partial charge in [0.1, 0.15) is 0 Å². The maximum absolute atomic E-state index is 11.8. The molecule has 5 heteroatoms. The topological polar surface area (TPSA) is 32.8 Å². The van der Waals surface area contributed by atoms with Gasteiger partial charge >= 0.3 is 6.09 Å². The average Bonchev–Trinajstić information content (AvgIpc) is 2.43. The van der Waals surface area contributed by atoms with Crippen LogP contribution in [0, 0.1) is 0 Å². The Hall–Kier alpha value is -0.420. The summed E-state index contributed by atoms with van der Waals surface area (Å²) in [5, 5.41) is 0. The standard InChI is InChI=1S/C11H22N2O2S/c1-4-15-11(14)13-6-5-7-16-9-10(13)8-12(2)3/h10H,4-9H2,1-3H3. The third kappa shape index (κ3) is 4.22. The molecule has 4 nitrogen and oxygen atoms in total. The van der Waals surface area contributed by atoms with E-state index in [1.165, 1.54) is 0 Å². The second-order valence-corrected chi connectivity index (χ2v) is 5.39. The number of thioether (sulfide) groups is 1. The molecule has 0 aromatic heterocycles. The molecule has 0 bridgehead atoms. The smallest absolute Gasteiger partial charge is 0.410 e. The average molecular weight is 246 g/mol. The van der Waals surface area contributed by atoms with Crippen LogP contribution in [0.4, 0.5) is 4.79 Å². The quantitative estimate of drug-likeness (QED) is 0.756. The Morgan fingerprint density at radius 3 is 2.94 bits per heavy atom. The van der Waals surface area contributed by atoms with Crippen LogP contribution in [0.3, 0.4) is 0 Å². The second-order valence-electron chi connectivity index (χ2n) is 4.24. The van der Waals surface area contributed by atoms with Crippen LogP contribution in [-0.2, 0) is 4.74 Å². The first-order valence-corrected chi connectivity index (χ1v) is 6.96. The summed E-state index contributed by atoms with van der Waals surface area (Å²) < 4.78 is 5.11. The summed E-state index contributed by atoms with van der Waals surface area (Å²) in [7, 11) is 4.08. The molecule has 0 spiro atoms. The Morgan fingerprint density at radius 2 is 2.31 bits per heavy atom. The number of carbonyl (C=O) groups is 1. The third-order valence-electron chi connectivity index (χ3n) is 2.52. The lowest BCUT2D eigenvalue weighted by Crippen LogP contribution is -2.46. The summed E-state index contributed by atoms with van der Waals surface area (Å²) in [6, 6.07) is 0.279. The molecule has 0 radical (unpaired) electrons. The van der Waals surface area contributed by atoms with Crippen molar-refractivity contribution in [3.63, 3.8) is 0 Å². The highest BCUT2D eigenvalue weighted by molar-refractivity contribution is 7.99. The van der Waals surface area contributed by atoms with Crippen LogP contribution in [0.2, 0.25) is 0 Å². The van der Waals surface area contributed by atoms with Crippen molar-refractivity contribution in [2.24, 2.45) is 0 Å². The van der Waals surface area contributed by atoms with Crippen molar-refractivity contribution in [1.82, 2.24) is 9.80 Å². The molecule has 1 heterocycles. The summed E-state index contributed by atoms with van der Waals surface area (Å²) in [4.78, 5) is 15.8. The molecule has 1 aliphatic heterocycles. The maximum atomic E-state index is 11.8. The van der Waals surface area contributed by atoms with Crippen molar-refractivity contribution in [2.45, 2.75) is 19.4 Å². The monoisotopic (exact) mass is 246 g/mol. The van der Waals surface area contributed by atoms with Gasteiger partial charge in [-0.1, -0.05) is 0 Å². The molecule has 94 valence electrons. The van der Waals surface area contributed by atoms with Crippen LogP contribution in [0.15, 0.2) is 0 Å². The van der Waals surface area contributed by atoms with Crippen LogP contribution in [-0.4, -0.2) is 67.2 Å². The van der Waals surface area contributed by atoms with E-state index in [4.69, 9.17) is 4.74 Å². The molecule has 1 aliphatic rings. The van der Waals surface area contributed by atoms with Crippen molar-refractivity contribution in [1.29, 1.82) is 0 Å². The van der Waals surface area contributed by atoms with Gasteiger partial charge in [-0.25, -0.2) is 4.79 Å². The molecule has 1 amide bonds.